The van der Waals surface area contributed by atoms with Gasteiger partial charge in [0.25, 0.3) is 0 Å². The maximum Gasteiger partial charge on any atom is 0.322 e. The molecule has 4 rings (SSSR count). The largest absolute Gasteiger partial charge is 0.322 e. The highest BCUT2D eigenvalue weighted by Gasteiger charge is 2.27. The minimum absolute atomic E-state index is 0.0142. The number of carbonyl (C=O) groups excluding carboxylic acids is 1. The summed E-state index contributed by atoms with van der Waals surface area (Å²) < 4.78 is 0. The number of aryl methyl sites for hydroxylation is 1. The average Bonchev–Trinajstić information content (AvgIpc) is 3.28. The summed E-state index contributed by atoms with van der Waals surface area (Å²) in [6, 6.07) is 14.8. The van der Waals surface area contributed by atoms with Crippen molar-refractivity contribution in [2.24, 2.45) is 0 Å². The molecule has 6 heteroatoms. The van der Waals surface area contributed by atoms with Crippen molar-refractivity contribution in [3.05, 3.63) is 59.9 Å². The predicted molar refractivity (Wildman–Crippen MR) is 111 cm³/mol. The van der Waals surface area contributed by atoms with Crippen molar-refractivity contribution >= 4 is 11.7 Å². The fraction of sp³-hybridized carbons (Fsp3) is 0.455. The van der Waals surface area contributed by atoms with Crippen molar-refractivity contribution in [2.45, 2.75) is 50.6 Å². The smallest absolute Gasteiger partial charge is 0.322 e. The number of carbonyl (C=O) groups is 1. The van der Waals surface area contributed by atoms with Gasteiger partial charge in [0, 0.05) is 42.8 Å². The molecule has 28 heavy (non-hydrogen) atoms. The van der Waals surface area contributed by atoms with E-state index in [-0.39, 0.29) is 12.1 Å². The number of anilines is 1. The molecule has 2 amide bonds. The van der Waals surface area contributed by atoms with Crippen LogP contribution in [0.5, 0.6) is 0 Å². The highest BCUT2D eigenvalue weighted by Crippen LogP contribution is 2.24. The number of hydrogen-bond acceptors (Lipinski definition) is 4. The van der Waals surface area contributed by atoms with E-state index in [0.717, 1.165) is 56.6 Å². The van der Waals surface area contributed by atoms with E-state index in [1.54, 1.807) is 0 Å². The minimum Gasteiger partial charge on any atom is -0.322 e. The fourth-order valence-corrected chi connectivity index (χ4v) is 4.19. The van der Waals surface area contributed by atoms with Crippen molar-refractivity contribution in [3.8, 4) is 0 Å². The van der Waals surface area contributed by atoms with Crippen LogP contribution in [0.3, 0.4) is 0 Å². The lowest BCUT2D eigenvalue weighted by Crippen LogP contribution is -2.46. The van der Waals surface area contributed by atoms with Crippen LogP contribution >= 0.6 is 0 Å². The molecule has 1 aromatic heterocycles. The van der Waals surface area contributed by atoms with E-state index >= 15 is 0 Å². The van der Waals surface area contributed by atoms with Crippen LogP contribution in [0.1, 0.15) is 49.4 Å². The van der Waals surface area contributed by atoms with Gasteiger partial charge in [0.15, 0.2) is 0 Å². The molecule has 2 fully saturated rings. The number of piperidine rings is 1. The molecule has 6 nitrogen and oxygen atoms in total. The molecule has 3 N–H and O–H groups in total. The van der Waals surface area contributed by atoms with Crippen LogP contribution in [-0.2, 0) is 6.42 Å². The molecular formula is C22H29N5O. The quantitative estimate of drug-likeness (QED) is 0.742. The lowest BCUT2D eigenvalue weighted by molar-refractivity contribution is 0.158. The van der Waals surface area contributed by atoms with Gasteiger partial charge >= 0.3 is 6.03 Å². The standard InChI is InChI=1S/C22H29N5O/c28-22(25-19-8-5-6-17(16-19)21-12-14-24-26-21)27-15-4-2-9-20(27)11-10-18-7-1-3-13-23-18/h1,3,5-8,13,16,20-21,24,26H,2,4,9-12,14-15H2,(H,25,28). The van der Waals surface area contributed by atoms with Gasteiger partial charge in [-0.25, -0.2) is 4.79 Å². The Bertz CT molecular complexity index is 776. The first-order valence-electron chi connectivity index (χ1n) is 10.4. The van der Waals surface area contributed by atoms with Crippen LogP contribution in [-0.4, -0.2) is 35.0 Å². The second-order valence-electron chi connectivity index (χ2n) is 7.67. The third-order valence-electron chi connectivity index (χ3n) is 5.72. The van der Waals surface area contributed by atoms with Gasteiger partial charge in [0.2, 0.25) is 0 Å². The third-order valence-corrected chi connectivity index (χ3v) is 5.72. The van der Waals surface area contributed by atoms with Crippen molar-refractivity contribution in [1.82, 2.24) is 20.7 Å². The molecule has 0 saturated carbocycles. The van der Waals surface area contributed by atoms with Crippen LogP contribution in [0.4, 0.5) is 10.5 Å². The highest BCUT2D eigenvalue weighted by atomic mass is 16.2. The molecule has 2 aromatic rings. The zero-order valence-corrected chi connectivity index (χ0v) is 16.2. The predicted octanol–water partition coefficient (Wildman–Crippen LogP) is 3.64. The molecule has 2 atom stereocenters. The number of aromatic nitrogens is 1. The number of likely N-dealkylation sites (tertiary alicyclic amines) is 1. The lowest BCUT2D eigenvalue weighted by Gasteiger charge is -2.36. The molecule has 3 heterocycles. The Morgan fingerprint density at radius 1 is 1.18 bits per heavy atom. The molecular weight excluding hydrogens is 350 g/mol. The number of benzene rings is 1. The third kappa shape index (κ3) is 4.69. The second kappa shape index (κ2) is 9.17. The molecule has 0 bridgehead atoms. The topological polar surface area (TPSA) is 69.3 Å². The molecule has 0 aliphatic carbocycles. The molecule has 2 aliphatic heterocycles. The van der Waals surface area contributed by atoms with Crippen molar-refractivity contribution in [3.63, 3.8) is 0 Å². The van der Waals surface area contributed by atoms with Gasteiger partial charge in [-0.3, -0.25) is 15.8 Å². The Morgan fingerprint density at radius 2 is 2.14 bits per heavy atom. The molecule has 0 spiro atoms. The Morgan fingerprint density at radius 3 is 2.96 bits per heavy atom. The molecule has 148 valence electrons. The van der Waals surface area contributed by atoms with Gasteiger partial charge in [-0.15, -0.1) is 0 Å². The summed E-state index contributed by atoms with van der Waals surface area (Å²) in [5.74, 6) is 0. The zero-order chi connectivity index (χ0) is 19.2. The SMILES string of the molecule is O=C(Nc1cccc(C2CCNN2)c1)N1CCCCC1CCc1ccccn1. The van der Waals surface area contributed by atoms with Crippen LogP contribution in [0.2, 0.25) is 0 Å². The number of hydrogen-bond donors (Lipinski definition) is 3. The van der Waals surface area contributed by atoms with Crippen molar-refractivity contribution in [2.75, 3.05) is 18.4 Å². The minimum atomic E-state index is 0.0142. The number of hydrazine groups is 1. The Balaban J connectivity index is 1.38. The summed E-state index contributed by atoms with van der Waals surface area (Å²) >= 11 is 0. The zero-order valence-electron chi connectivity index (χ0n) is 16.2. The molecule has 2 saturated heterocycles. The summed E-state index contributed by atoms with van der Waals surface area (Å²) in [6.07, 6.45) is 8.09. The van der Waals surface area contributed by atoms with Crippen molar-refractivity contribution < 1.29 is 4.79 Å². The number of pyridine rings is 1. The first-order valence-corrected chi connectivity index (χ1v) is 10.4. The van der Waals surface area contributed by atoms with Crippen LogP contribution in [0.15, 0.2) is 48.7 Å². The van der Waals surface area contributed by atoms with E-state index in [0.29, 0.717) is 6.04 Å². The molecule has 2 unspecified atom stereocenters. The molecule has 0 radical (unpaired) electrons. The fourth-order valence-electron chi connectivity index (χ4n) is 4.19. The van der Waals surface area contributed by atoms with Gasteiger partial charge in [-0.1, -0.05) is 18.2 Å². The van der Waals surface area contributed by atoms with Crippen LogP contribution < -0.4 is 16.2 Å². The van der Waals surface area contributed by atoms with Crippen LogP contribution in [0, 0.1) is 0 Å². The summed E-state index contributed by atoms with van der Waals surface area (Å²) in [6.45, 7) is 1.79. The normalized spacial score (nSPS) is 22.2. The van der Waals surface area contributed by atoms with E-state index in [2.05, 4.69) is 39.4 Å². The van der Waals surface area contributed by atoms with Gasteiger partial charge in [-0.05, 0) is 68.4 Å². The van der Waals surface area contributed by atoms with E-state index in [1.807, 2.05) is 35.4 Å². The summed E-state index contributed by atoms with van der Waals surface area (Å²) in [5, 5.41) is 3.13. The second-order valence-corrected chi connectivity index (χ2v) is 7.67. The lowest BCUT2D eigenvalue weighted by atomic mass is 9.97. The van der Waals surface area contributed by atoms with E-state index in [1.165, 1.54) is 12.0 Å². The number of amides is 2. The maximum atomic E-state index is 13.0. The Hall–Kier alpha value is -2.44. The number of nitrogens with zero attached hydrogens (tertiary/aromatic N) is 2. The first kappa shape index (κ1) is 18.9. The molecule has 2 aliphatic rings. The van der Waals surface area contributed by atoms with E-state index in [9.17, 15) is 4.79 Å². The van der Waals surface area contributed by atoms with Gasteiger partial charge in [0.05, 0.1) is 0 Å². The number of urea groups is 1. The summed E-state index contributed by atoms with van der Waals surface area (Å²) in [4.78, 5) is 19.4. The monoisotopic (exact) mass is 379 g/mol. The molecule has 1 aromatic carbocycles. The summed E-state index contributed by atoms with van der Waals surface area (Å²) in [5.41, 5.74) is 9.61. The number of rotatable bonds is 5. The first-order chi connectivity index (χ1) is 13.8. The van der Waals surface area contributed by atoms with E-state index < -0.39 is 0 Å². The van der Waals surface area contributed by atoms with Crippen LogP contribution in [0.25, 0.3) is 0 Å². The Labute approximate surface area is 166 Å². The van der Waals surface area contributed by atoms with Gasteiger partial charge < -0.3 is 10.2 Å². The summed E-state index contributed by atoms with van der Waals surface area (Å²) in [7, 11) is 0. The maximum absolute atomic E-state index is 13.0. The van der Waals surface area contributed by atoms with Gasteiger partial charge in [0.1, 0.15) is 0 Å². The number of nitrogens with one attached hydrogen (secondary N) is 3. The highest BCUT2D eigenvalue weighted by molar-refractivity contribution is 5.89. The Kier molecular flexibility index (Phi) is 6.19. The van der Waals surface area contributed by atoms with Gasteiger partial charge in [-0.2, -0.15) is 0 Å². The average molecular weight is 380 g/mol. The van der Waals surface area contributed by atoms with E-state index in [4.69, 9.17) is 0 Å². The van der Waals surface area contributed by atoms with Crippen molar-refractivity contribution in [1.29, 1.82) is 0 Å².